The quantitative estimate of drug-likeness (QED) is 0.673. The highest BCUT2D eigenvalue weighted by atomic mass is 15.3. The molecule has 0 unspecified atom stereocenters. The van der Waals surface area contributed by atoms with Gasteiger partial charge in [-0.25, -0.2) is 0 Å². The van der Waals surface area contributed by atoms with E-state index in [1.807, 2.05) is 0 Å². The molecular formula is C20H25N5. The molecular weight excluding hydrogens is 310 g/mol. The van der Waals surface area contributed by atoms with Crippen molar-refractivity contribution in [2.75, 3.05) is 50.1 Å². The van der Waals surface area contributed by atoms with E-state index in [9.17, 15) is 0 Å². The van der Waals surface area contributed by atoms with Gasteiger partial charge in [-0.2, -0.15) is 0 Å². The maximum Gasteiger partial charge on any atom is 0.106 e. The predicted molar refractivity (Wildman–Crippen MR) is 105 cm³/mol. The van der Waals surface area contributed by atoms with Crippen molar-refractivity contribution in [1.29, 1.82) is 0 Å². The summed E-state index contributed by atoms with van der Waals surface area (Å²) in [5.74, 6) is 1.03. The first kappa shape index (κ1) is 16.1. The smallest absolute Gasteiger partial charge is 0.106 e. The second-order valence-corrected chi connectivity index (χ2v) is 6.76. The summed E-state index contributed by atoms with van der Waals surface area (Å²) in [5, 5.41) is 3.52. The van der Waals surface area contributed by atoms with Crippen LogP contribution in [0.3, 0.4) is 0 Å². The van der Waals surface area contributed by atoms with E-state index in [1.165, 1.54) is 0 Å². The van der Waals surface area contributed by atoms with Crippen molar-refractivity contribution >= 4 is 28.6 Å². The number of anilines is 4. The minimum Gasteiger partial charge on any atom is -0.352 e. The summed E-state index contributed by atoms with van der Waals surface area (Å²) in [4.78, 5) is 12.0. The van der Waals surface area contributed by atoms with Gasteiger partial charge in [-0.05, 0) is 38.2 Å². The number of piperazine rings is 1. The van der Waals surface area contributed by atoms with Crippen LogP contribution in [0.25, 0.3) is 0 Å². The number of nitrogens with one attached hydrogen (secondary N) is 1. The molecule has 0 saturated carbocycles. The maximum absolute atomic E-state index is 4.92. The lowest BCUT2D eigenvalue weighted by molar-refractivity contribution is 0.158. The summed E-state index contributed by atoms with van der Waals surface area (Å²) < 4.78 is 0. The van der Waals surface area contributed by atoms with Gasteiger partial charge in [-0.3, -0.25) is 14.8 Å². The average molecular weight is 335 g/mol. The van der Waals surface area contributed by atoms with Crippen molar-refractivity contribution in [2.24, 2.45) is 4.99 Å². The Kier molecular flexibility index (Phi) is 4.42. The Bertz CT molecular complexity index is 732. The van der Waals surface area contributed by atoms with Gasteiger partial charge in [0, 0.05) is 26.2 Å². The second-order valence-electron chi connectivity index (χ2n) is 6.76. The van der Waals surface area contributed by atoms with Crippen molar-refractivity contribution in [3.63, 3.8) is 0 Å². The summed E-state index contributed by atoms with van der Waals surface area (Å²) in [6.07, 6.45) is 0. The van der Waals surface area contributed by atoms with E-state index >= 15 is 0 Å². The van der Waals surface area contributed by atoms with Gasteiger partial charge >= 0.3 is 0 Å². The van der Waals surface area contributed by atoms with E-state index in [4.69, 9.17) is 4.99 Å². The van der Waals surface area contributed by atoms with Gasteiger partial charge < -0.3 is 10.2 Å². The SMILES string of the molecule is CC(=NCN1CCN(C)CC1)N1c2ccccc2Nc2ccccc21. The fourth-order valence-electron chi connectivity index (χ4n) is 3.43. The van der Waals surface area contributed by atoms with Crippen LogP contribution in [-0.2, 0) is 0 Å². The average Bonchev–Trinajstić information content (AvgIpc) is 2.65. The Hall–Kier alpha value is -2.37. The molecule has 0 atom stereocenters. The van der Waals surface area contributed by atoms with Crippen LogP contribution in [0.4, 0.5) is 22.7 Å². The van der Waals surface area contributed by atoms with Gasteiger partial charge in [0.2, 0.25) is 0 Å². The summed E-state index contributed by atoms with van der Waals surface area (Å²) >= 11 is 0. The number of amidine groups is 1. The van der Waals surface area contributed by atoms with Crippen LogP contribution in [0.15, 0.2) is 53.5 Å². The third kappa shape index (κ3) is 3.25. The van der Waals surface area contributed by atoms with Gasteiger partial charge in [0.15, 0.2) is 0 Å². The van der Waals surface area contributed by atoms with Crippen LogP contribution in [0.1, 0.15) is 6.92 Å². The minimum atomic E-state index is 0.758. The second kappa shape index (κ2) is 6.86. The summed E-state index contributed by atoms with van der Waals surface area (Å²) in [6.45, 7) is 7.27. The third-order valence-electron chi connectivity index (χ3n) is 4.98. The molecule has 0 bridgehead atoms. The van der Waals surface area contributed by atoms with Gasteiger partial charge in [0.1, 0.15) is 5.84 Å². The molecule has 1 saturated heterocycles. The number of nitrogens with zero attached hydrogens (tertiary/aromatic N) is 4. The van der Waals surface area contributed by atoms with Gasteiger partial charge in [0.25, 0.3) is 0 Å². The van der Waals surface area contributed by atoms with Crippen LogP contribution in [0.2, 0.25) is 0 Å². The zero-order valence-electron chi connectivity index (χ0n) is 14.9. The number of para-hydroxylation sites is 4. The molecule has 0 spiro atoms. The fraction of sp³-hybridized carbons (Fsp3) is 0.350. The number of hydrogen-bond acceptors (Lipinski definition) is 4. The number of likely N-dealkylation sites (N-methyl/N-ethyl adjacent to an activating group) is 1. The molecule has 130 valence electrons. The lowest BCUT2D eigenvalue weighted by atomic mass is 10.1. The molecule has 0 aliphatic carbocycles. The Labute approximate surface area is 149 Å². The van der Waals surface area contributed by atoms with Crippen LogP contribution in [-0.4, -0.2) is 55.5 Å². The minimum absolute atomic E-state index is 0.758. The normalized spacial score (nSPS) is 18.5. The first-order valence-electron chi connectivity index (χ1n) is 8.89. The molecule has 0 radical (unpaired) electrons. The van der Waals surface area contributed by atoms with Crippen molar-refractivity contribution in [3.05, 3.63) is 48.5 Å². The van der Waals surface area contributed by atoms with E-state index in [-0.39, 0.29) is 0 Å². The van der Waals surface area contributed by atoms with E-state index in [0.717, 1.165) is 61.4 Å². The van der Waals surface area contributed by atoms with Crippen LogP contribution in [0.5, 0.6) is 0 Å². The number of hydrogen-bond donors (Lipinski definition) is 1. The highest BCUT2D eigenvalue weighted by Gasteiger charge is 2.24. The zero-order chi connectivity index (χ0) is 17.2. The third-order valence-corrected chi connectivity index (χ3v) is 4.98. The number of rotatable bonds is 2. The largest absolute Gasteiger partial charge is 0.352 e. The molecule has 2 aromatic rings. The topological polar surface area (TPSA) is 34.1 Å². The Balaban J connectivity index is 1.61. The van der Waals surface area contributed by atoms with E-state index in [0.29, 0.717) is 0 Å². The lowest BCUT2D eigenvalue weighted by Crippen LogP contribution is -2.44. The van der Waals surface area contributed by atoms with E-state index < -0.39 is 0 Å². The fourth-order valence-corrected chi connectivity index (χ4v) is 3.43. The highest BCUT2D eigenvalue weighted by molar-refractivity contribution is 6.10. The first-order valence-corrected chi connectivity index (χ1v) is 8.89. The molecule has 2 heterocycles. The summed E-state index contributed by atoms with van der Waals surface area (Å²) in [6, 6.07) is 16.8. The zero-order valence-corrected chi connectivity index (χ0v) is 14.9. The monoisotopic (exact) mass is 335 g/mol. The number of fused-ring (bicyclic) bond motifs is 2. The standard InChI is InChI=1S/C20H25N5/c1-16(21-15-24-13-11-23(2)12-14-24)25-19-9-5-3-7-17(19)22-18-8-4-6-10-20(18)25/h3-10,22H,11-15H2,1-2H3. The molecule has 1 fully saturated rings. The van der Waals surface area contributed by atoms with Crippen molar-refractivity contribution < 1.29 is 0 Å². The summed E-state index contributed by atoms with van der Waals surface area (Å²) in [5.41, 5.74) is 4.55. The van der Waals surface area contributed by atoms with E-state index in [2.05, 4.69) is 82.5 Å². The Morgan fingerprint density at radius 1 is 0.920 bits per heavy atom. The van der Waals surface area contributed by atoms with Crippen LogP contribution < -0.4 is 10.2 Å². The maximum atomic E-state index is 4.92. The highest BCUT2D eigenvalue weighted by Crippen LogP contribution is 2.43. The molecule has 2 aliphatic heterocycles. The summed E-state index contributed by atoms with van der Waals surface area (Å²) in [7, 11) is 2.18. The molecule has 2 aromatic carbocycles. The number of benzene rings is 2. The molecule has 5 heteroatoms. The van der Waals surface area contributed by atoms with Crippen molar-refractivity contribution in [3.8, 4) is 0 Å². The molecule has 2 aliphatic rings. The van der Waals surface area contributed by atoms with Gasteiger partial charge in [-0.1, -0.05) is 24.3 Å². The van der Waals surface area contributed by atoms with Crippen molar-refractivity contribution in [2.45, 2.75) is 6.92 Å². The number of aliphatic imine (C=N–C) groups is 1. The van der Waals surface area contributed by atoms with Crippen molar-refractivity contribution in [1.82, 2.24) is 9.80 Å². The first-order chi connectivity index (χ1) is 12.2. The lowest BCUT2D eigenvalue weighted by Gasteiger charge is -2.34. The Morgan fingerprint density at radius 3 is 2.08 bits per heavy atom. The Morgan fingerprint density at radius 2 is 1.48 bits per heavy atom. The molecule has 4 rings (SSSR count). The van der Waals surface area contributed by atoms with E-state index in [1.54, 1.807) is 0 Å². The van der Waals surface area contributed by atoms with Gasteiger partial charge in [0.05, 0.1) is 29.4 Å². The molecule has 5 nitrogen and oxygen atoms in total. The molecule has 0 aromatic heterocycles. The predicted octanol–water partition coefficient (Wildman–Crippen LogP) is 3.51. The molecule has 25 heavy (non-hydrogen) atoms. The molecule has 0 amide bonds. The van der Waals surface area contributed by atoms with Crippen LogP contribution >= 0.6 is 0 Å². The molecule has 1 N–H and O–H groups in total. The van der Waals surface area contributed by atoms with Gasteiger partial charge in [-0.15, -0.1) is 0 Å². The van der Waals surface area contributed by atoms with Crippen LogP contribution in [0, 0.1) is 0 Å².